The molecule has 1 aromatic heterocycles. The van der Waals surface area contributed by atoms with Crippen LogP contribution in [0.4, 0.5) is 5.69 Å². The Balaban J connectivity index is 2.38. The van der Waals surface area contributed by atoms with Gasteiger partial charge in [0.15, 0.2) is 5.75 Å². The molecule has 0 atom stereocenters. The molecule has 3 nitrogen and oxygen atoms in total. The first-order valence-corrected chi connectivity index (χ1v) is 6.53. The minimum atomic E-state index is 0.177. The fourth-order valence-corrected chi connectivity index (χ4v) is 2.12. The van der Waals surface area contributed by atoms with E-state index in [2.05, 4.69) is 4.98 Å². The smallest absolute Gasteiger partial charge is 0.164 e. The first-order chi connectivity index (χ1) is 9.38. The Morgan fingerprint density at radius 1 is 1.26 bits per heavy atom. The first-order valence-electron chi connectivity index (χ1n) is 6.27. The zero-order valence-electron chi connectivity index (χ0n) is 11.6. The Kier molecular flexibility index (Phi) is 3.76. The summed E-state index contributed by atoms with van der Waals surface area (Å²) in [7, 11) is 0. The number of anilines is 1. The van der Waals surface area contributed by atoms with Crippen molar-refractivity contribution in [3.63, 3.8) is 0 Å². The second kappa shape index (κ2) is 5.68. The van der Waals surface area contributed by atoms with Crippen molar-refractivity contribution >= 4 is 28.9 Å². The Labute approximate surface area is 123 Å². The van der Waals surface area contributed by atoms with E-state index in [1.165, 1.54) is 6.20 Å². The van der Waals surface area contributed by atoms with Crippen LogP contribution in [0.3, 0.4) is 0 Å². The van der Waals surface area contributed by atoms with E-state index in [0.29, 0.717) is 27.2 Å². The van der Waals surface area contributed by atoms with Crippen molar-refractivity contribution in [2.45, 2.75) is 19.8 Å². The largest absolute Gasteiger partial charge is 0.453 e. The van der Waals surface area contributed by atoms with Crippen LogP contribution in [0.2, 0.25) is 10.0 Å². The van der Waals surface area contributed by atoms with Gasteiger partial charge in [0.25, 0.3) is 0 Å². The lowest BCUT2D eigenvalue weighted by Gasteiger charge is -2.12. The second-order valence-electron chi connectivity index (χ2n) is 4.44. The number of nitrogens with two attached hydrogens (primary N) is 1. The number of aromatic nitrogens is 1. The van der Waals surface area contributed by atoms with Gasteiger partial charge in [0.2, 0.25) is 0 Å². The third-order valence-electron chi connectivity index (χ3n) is 2.55. The van der Waals surface area contributed by atoms with Crippen LogP contribution < -0.4 is 10.5 Å². The molecule has 1 heterocycles. The fourth-order valence-electron chi connectivity index (χ4n) is 1.54. The third-order valence-corrected chi connectivity index (χ3v) is 3.11. The SMILES string of the molecule is [2H]c1ncc(Oc2c(Cl)cc(N)cc2Cl)cc1C(C)C. The molecule has 0 aliphatic rings. The molecule has 0 radical (unpaired) electrons. The number of ether oxygens (including phenoxy) is 1. The summed E-state index contributed by atoms with van der Waals surface area (Å²) in [6, 6.07) is 4.90. The molecule has 2 aromatic rings. The van der Waals surface area contributed by atoms with E-state index in [4.69, 9.17) is 35.0 Å². The second-order valence-corrected chi connectivity index (χ2v) is 5.26. The van der Waals surface area contributed by atoms with Crippen molar-refractivity contribution < 1.29 is 6.11 Å². The third kappa shape index (κ3) is 3.31. The summed E-state index contributed by atoms with van der Waals surface area (Å²) in [6.45, 7) is 3.98. The van der Waals surface area contributed by atoms with Crippen molar-refractivity contribution in [1.29, 1.82) is 0 Å². The number of hydrogen-bond donors (Lipinski definition) is 1. The van der Waals surface area contributed by atoms with E-state index < -0.39 is 0 Å². The van der Waals surface area contributed by atoms with Crippen LogP contribution in [0.15, 0.2) is 30.6 Å². The summed E-state index contributed by atoms with van der Waals surface area (Å²) in [4.78, 5) is 4.00. The van der Waals surface area contributed by atoms with Crippen molar-refractivity contribution in [2.24, 2.45) is 0 Å². The molecule has 19 heavy (non-hydrogen) atoms. The van der Waals surface area contributed by atoms with Gasteiger partial charge in [0, 0.05) is 11.9 Å². The standard InChI is InChI=1S/C14H14Cl2N2O/c1-8(2)9-3-11(7-18-6-9)19-14-12(15)4-10(17)5-13(14)16/h3-8H,17H2,1-2H3/i6D. The van der Waals surface area contributed by atoms with E-state index in [1.807, 2.05) is 13.8 Å². The molecule has 0 aliphatic heterocycles. The minimum Gasteiger partial charge on any atom is -0.453 e. The van der Waals surface area contributed by atoms with Gasteiger partial charge in [0.05, 0.1) is 17.6 Å². The van der Waals surface area contributed by atoms with Crippen molar-refractivity contribution in [1.82, 2.24) is 4.98 Å². The average Bonchev–Trinajstić information content (AvgIpc) is 2.35. The van der Waals surface area contributed by atoms with Gasteiger partial charge in [-0.25, -0.2) is 0 Å². The summed E-state index contributed by atoms with van der Waals surface area (Å²) in [5.41, 5.74) is 6.91. The molecule has 0 unspecified atom stereocenters. The zero-order chi connectivity index (χ0) is 14.9. The topological polar surface area (TPSA) is 48.1 Å². The Morgan fingerprint density at radius 3 is 2.47 bits per heavy atom. The molecule has 0 aliphatic carbocycles. The number of halogens is 2. The van der Waals surface area contributed by atoms with E-state index in [0.717, 1.165) is 5.56 Å². The lowest BCUT2D eigenvalue weighted by atomic mass is 10.1. The molecule has 1 aromatic carbocycles. The minimum absolute atomic E-state index is 0.177. The van der Waals surface area contributed by atoms with Crippen LogP contribution >= 0.6 is 23.2 Å². The predicted octanol–water partition coefficient (Wildman–Crippen LogP) is 4.89. The Morgan fingerprint density at radius 2 is 1.89 bits per heavy atom. The summed E-state index contributed by atoms with van der Waals surface area (Å²) < 4.78 is 13.4. The molecule has 0 saturated heterocycles. The first kappa shape index (κ1) is 12.6. The van der Waals surface area contributed by atoms with Gasteiger partial charge in [-0.15, -0.1) is 0 Å². The lowest BCUT2D eigenvalue weighted by Crippen LogP contribution is -1.93. The molecule has 5 heteroatoms. The maximum Gasteiger partial charge on any atom is 0.164 e. The highest BCUT2D eigenvalue weighted by atomic mass is 35.5. The van der Waals surface area contributed by atoms with Crippen molar-refractivity contribution in [2.75, 3.05) is 5.73 Å². The van der Waals surface area contributed by atoms with Gasteiger partial charge in [0.1, 0.15) is 5.75 Å². The molecule has 100 valence electrons. The van der Waals surface area contributed by atoms with Crippen LogP contribution in [0.5, 0.6) is 11.5 Å². The maximum absolute atomic E-state index is 7.75. The van der Waals surface area contributed by atoms with Crippen LogP contribution in [0, 0.1) is 0 Å². The molecule has 0 fully saturated rings. The summed E-state index contributed by atoms with van der Waals surface area (Å²) in [6.07, 6.45) is 1.71. The summed E-state index contributed by atoms with van der Waals surface area (Å²) >= 11 is 12.1. The molecule has 0 bridgehead atoms. The van der Waals surface area contributed by atoms with Gasteiger partial charge < -0.3 is 10.5 Å². The summed E-state index contributed by atoms with van der Waals surface area (Å²) in [5.74, 6) is 0.992. The zero-order valence-corrected chi connectivity index (χ0v) is 12.1. The van der Waals surface area contributed by atoms with Crippen molar-refractivity contribution in [3.05, 3.63) is 46.2 Å². The monoisotopic (exact) mass is 297 g/mol. The number of nitrogen functional groups attached to an aromatic ring is 1. The highest BCUT2D eigenvalue weighted by Crippen LogP contribution is 2.38. The molecule has 2 rings (SSSR count). The molecule has 0 saturated carbocycles. The number of hydrogen-bond acceptors (Lipinski definition) is 3. The highest BCUT2D eigenvalue weighted by Gasteiger charge is 2.11. The number of pyridine rings is 1. The number of nitrogens with zero attached hydrogens (tertiary/aromatic N) is 1. The van der Waals surface area contributed by atoms with Crippen LogP contribution in [0.1, 0.15) is 26.7 Å². The van der Waals surface area contributed by atoms with Gasteiger partial charge in [-0.1, -0.05) is 37.0 Å². The van der Waals surface area contributed by atoms with Gasteiger partial charge in [-0.05, 0) is 29.7 Å². The van der Waals surface area contributed by atoms with Crippen molar-refractivity contribution in [3.8, 4) is 11.5 Å². The van der Waals surface area contributed by atoms with Crippen LogP contribution in [0.25, 0.3) is 0 Å². The van der Waals surface area contributed by atoms with Crippen LogP contribution in [-0.4, -0.2) is 4.98 Å². The number of benzene rings is 1. The average molecular weight is 298 g/mol. The molecule has 0 spiro atoms. The van der Waals surface area contributed by atoms with E-state index in [1.54, 1.807) is 18.2 Å². The van der Waals surface area contributed by atoms with E-state index in [-0.39, 0.29) is 12.1 Å². The fraction of sp³-hybridized carbons (Fsp3) is 0.214. The molecule has 2 N–H and O–H groups in total. The number of rotatable bonds is 3. The lowest BCUT2D eigenvalue weighted by molar-refractivity contribution is 0.479. The Hall–Kier alpha value is -1.45. The summed E-state index contributed by atoms with van der Waals surface area (Å²) in [5, 5.41) is 0.659. The van der Waals surface area contributed by atoms with E-state index in [9.17, 15) is 0 Å². The van der Waals surface area contributed by atoms with E-state index >= 15 is 0 Å². The van der Waals surface area contributed by atoms with Crippen LogP contribution in [-0.2, 0) is 0 Å². The maximum atomic E-state index is 7.75. The van der Waals surface area contributed by atoms with Gasteiger partial charge in [-0.3, -0.25) is 4.98 Å². The Bertz CT molecular complexity index is 624. The highest BCUT2D eigenvalue weighted by molar-refractivity contribution is 6.37. The normalized spacial score (nSPS) is 11.5. The molecule has 0 amide bonds. The van der Waals surface area contributed by atoms with Gasteiger partial charge >= 0.3 is 0 Å². The predicted molar refractivity (Wildman–Crippen MR) is 79.3 cm³/mol. The van der Waals surface area contributed by atoms with Gasteiger partial charge in [-0.2, -0.15) is 0 Å². The molecular formula is C14H14Cl2N2O. The molecular weight excluding hydrogens is 283 g/mol. The quantitative estimate of drug-likeness (QED) is 0.821.